The molecule has 1 saturated carbocycles. The molecule has 2 rings (SSSR count). The molecule has 0 bridgehead atoms. The van der Waals surface area contributed by atoms with Crippen molar-refractivity contribution in [3.8, 4) is 0 Å². The Morgan fingerprint density at radius 2 is 2.50 bits per heavy atom. The van der Waals surface area contributed by atoms with Gasteiger partial charge in [0.1, 0.15) is 6.10 Å². The summed E-state index contributed by atoms with van der Waals surface area (Å²) in [5.41, 5.74) is -0.495. The number of fused-ring (bicyclic) bond motifs is 1. The molecule has 1 N–H and O–H groups in total. The molecule has 1 saturated heterocycles. The van der Waals surface area contributed by atoms with Crippen molar-refractivity contribution in [2.24, 2.45) is 0 Å². The highest BCUT2D eigenvalue weighted by Crippen LogP contribution is 2.45. The first-order valence-corrected chi connectivity index (χ1v) is 3.08. The van der Waals surface area contributed by atoms with Gasteiger partial charge in [0.15, 0.2) is 0 Å². The fourth-order valence-corrected chi connectivity index (χ4v) is 1.49. The number of rotatable bonds is 0. The third-order valence-corrected chi connectivity index (χ3v) is 2.13. The largest absolute Gasteiger partial charge is 0.387 e. The van der Waals surface area contributed by atoms with Crippen molar-refractivity contribution in [3.63, 3.8) is 0 Å². The zero-order valence-electron chi connectivity index (χ0n) is 4.92. The van der Waals surface area contributed by atoms with Gasteiger partial charge in [0.2, 0.25) is 0 Å². The van der Waals surface area contributed by atoms with Crippen molar-refractivity contribution in [2.75, 3.05) is 0 Å². The summed E-state index contributed by atoms with van der Waals surface area (Å²) in [4.78, 5) is 0. The summed E-state index contributed by atoms with van der Waals surface area (Å²) in [7, 11) is 0. The summed E-state index contributed by atoms with van der Waals surface area (Å²) < 4.78 is 5.12. The molecule has 1 aliphatic heterocycles. The quantitative estimate of drug-likeness (QED) is 0.459. The van der Waals surface area contributed by atoms with Crippen molar-refractivity contribution in [2.45, 2.75) is 37.6 Å². The summed E-state index contributed by atoms with van der Waals surface area (Å²) in [6, 6.07) is 0. The maximum absolute atomic E-state index is 9.38. The number of epoxide rings is 1. The van der Waals surface area contributed by atoms with Crippen molar-refractivity contribution in [3.05, 3.63) is 0 Å². The summed E-state index contributed by atoms with van der Waals surface area (Å²) in [5, 5.41) is 9.38. The minimum absolute atomic E-state index is 0.183. The van der Waals surface area contributed by atoms with Gasteiger partial charge in [-0.1, -0.05) is 0 Å². The topological polar surface area (TPSA) is 32.8 Å². The summed E-state index contributed by atoms with van der Waals surface area (Å²) >= 11 is 0. The molecule has 8 heavy (non-hydrogen) atoms. The van der Waals surface area contributed by atoms with E-state index < -0.39 is 5.60 Å². The van der Waals surface area contributed by atoms with Crippen LogP contribution in [-0.4, -0.2) is 22.9 Å². The van der Waals surface area contributed by atoms with E-state index in [9.17, 15) is 5.11 Å². The third kappa shape index (κ3) is 0.446. The molecular formula is C6H10O2. The molecule has 2 fully saturated rings. The minimum Gasteiger partial charge on any atom is -0.387 e. The highest BCUT2D eigenvalue weighted by Gasteiger charge is 2.56. The highest BCUT2D eigenvalue weighted by molar-refractivity contribution is 5.05. The maximum Gasteiger partial charge on any atom is 0.112 e. The third-order valence-electron chi connectivity index (χ3n) is 2.13. The molecule has 0 aromatic rings. The van der Waals surface area contributed by atoms with E-state index in [1.165, 1.54) is 0 Å². The Balaban J connectivity index is 2.17. The van der Waals surface area contributed by atoms with Crippen LogP contribution in [0.25, 0.3) is 0 Å². The molecule has 2 aliphatic rings. The molecule has 46 valence electrons. The monoisotopic (exact) mass is 114 g/mol. The molecule has 0 amide bonds. The SMILES string of the molecule is CC1(O)CCC2OC21. The van der Waals surface area contributed by atoms with Crippen molar-refractivity contribution < 1.29 is 9.84 Å². The van der Waals surface area contributed by atoms with Gasteiger partial charge in [-0.2, -0.15) is 0 Å². The molecule has 3 atom stereocenters. The van der Waals surface area contributed by atoms with Gasteiger partial charge in [-0.05, 0) is 19.8 Å². The van der Waals surface area contributed by atoms with Crippen LogP contribution in [0.1, 0.15) is 19.8 Å². The van der Waals surface area contributed by atoms with Gasteiger partial charge in [0.25, 0.3) is 0 Å². The Bertz CT molecular complexity index is 120. The fourth-order valence-electron chi connectivity index (χ4n) is 1.49. The Morgan fingerprint density at radius 1 is 1.75 bits per heavy atom. The van der Waals surface area contributed by atoms with Crippen LogP contribution in [0, 0.1) is 0 Å². The molecule has 3 unspecified atom stereocenters. The molecule has 0 radical (unpaired) electrons. The first kappa shape index (κ1) is 4.77. The average molecular weight is 114 g/mol. The van der Waals surface area contributed by atoms with Crippen LogP contribution < -0.4 is 0 Å². The lowest BCUT2D eigenvalue weighted by Crippen LogP contribution is -2.27. The Morgan fingerprint density at radius 3 is 2.62 bits per heavy atom. The number of hydrogen-bond acceptors (Lipinski definition) is 2. The minimum atomic E-state index is -0.495. The Kier molecular flexibility index (Phi) is 0.649. The van der Waals surface area contributed by atoms with E-state index >= 15 is 0 Å². The smallest absolute Gasteiger partial charge is 0.112 e. The predicted molar refractivity (Wildman–Crippen MR) is 28.5 cm³/mol. The van der Waals surface area contributed by atoms with Gasteiger partial charge in [-0.25, -0.2) is 0 Å². The van der Waals surface area contributed by atoms with Gasteiger partial charge < -0.3 is 9.84 Å². The lowest BCUT2D eigenvalue weighted by Gasteiger charge is -2.14. The van der Waals surface area contributed by atoms with Crippen LogP contribution in [0.4, 0.5) is 0 Å². The predicted octanol–water partition coefficient (Wildman–Crippen LogP) is 0.299. The average Bonchev–Trinajstić information content (AvgIpc) is 2.34. The van der Waals surface area contributed by atoms with E-state index in [1.807, 2.05) is 6.92 Å². The number of aliphatic hydroxyl groups is 1. The molecular weight excluding hydrogens is 104 g/mol. The summed E-state index contributed by atoms with van der Waals surface area (Å²) in [6.45, 7) is 1.85. The van der Waals surface area contributed by atoms with E-state index in [0.717, 1.165) is 12.8 Å². The van der Waals surface area contributed by atoms with Gasteiger partial charge in [-0.15, -0.1) is 0 Å². The Hall–Kier alpha value is -0.0800. The maximum atomic E-state index is 9.38. The van der Waals surface area contributed by atoms with Crippen molar-refractivity contribution >= 4 is 0 Å². The molecule has 1 heterocycles. The first-order valence-electron chi connectivity index (χ1n) is 3.08. The second kappa shape index (κ2) is 1.09. The first-order chi connectivity index (χ1) is 3.70. The summed E-state index contributed by atoms with van der Waals surface area (Å²) in [5.74, 6) is 0. The van der Waals surface area contributed by atoms with Crippen LogP contribution in [-0.2, 0) is 4.74 Å². The number of ether oxygens (including phenoxy) is 1. The lowest BCUT2D eigenvalue weighted by molar-refractivity contribution is 0.0208. The van der Waals surface area contributed by atoms with Crippen LogP contribution in [0.15, 0.2) is 0 Å². The van der Waals surface area contributed by atoms with Gasteiger partial charge in [0, 0.05) is 0 Å². The van der Waals surface area contributed by atoms with Crippen molar-refractivity contribution in [1.29, 1.82) is 0 Å². The van der Waals surface area contributed by atoms with Crippen LogP contribution in [0.2, 0.25) is 0 Å². The van der Waals surface area contributed by atoms with E-state index in [4.69, 9.17) is 4.74 Å². The van der Waals surface area contributed by atoms with Crippen LogP contribution in [0.3, 0.4) is 0 Å². The molecule has 0 aromatic heterocycles. The van der Waals surface area contributed by atoms with Crippen molar-refractivity contribution in [1.82, 2.24) is 0 Å². The van der Waals surface area contributed by atoms with Crippen LogP contribution in [0.5, 0.6) is 0 Å². The molecule has 2 nitrogen and oxygen atoms in total. The highest BCUT2D eigenvalue weighted by atomic mass is 16.6. The van der Waals surface area contributed by atoms with E-state index in [1.54, 1.807) is 0 Å². The zero-order valence-corrected chi connectivity index (χ0v) is 4.92. The zero-order chi connectivity index (χ0) is 5.78. The van der Waals surface area contributed by atoms with Gasteiger partial charge in [-0.3, -0.25) is 0 Å². The van der Waals surface area contributed by atoms with Crippen LogP contribution >= 0.6 is 0 Å². The van der Waals surface area contributed by atoms with Gasteiger partial charge >= 0.3 is 0 Å². The molecule has 2 heteroatoms. The molecule has 0 spiro atoms. The van der Waals surface area contributed by atoms with E-state index in [2.05, 4.69) is 0 Å². The normalized spacial score (nSPS) is 60.8. The lowest BCUT2D eigenvalue weighted by atomic mass is 10.1. The van der Waals surface area contributed by atoms with E-state index in [0.29, 0.717) is 6.10 Å². The molecule has 1 aliphatic carbocycles. The molecule has 0 aromatic carbocycles. The fraction of sp³-hybridized carbons (Fsp3) is 1.00. The second-order valence-corrected chi connectivity index (χ2v) is 2.99. The van der Waals surface area contributed by atoms with Gasteiger partial charge in [0.05, 0.1) is 11.7 Å². The second-order valence-electron chi connectivity index (χ2n) is 2.99. The Labute approximate surface area is 48.5 Å². The van der Waals surface area contributed by atoms with E-state index in [-0.39, 0.29) is 6.10 Å². The number of hydrogen-bond donors (Lipinski definition) is 1. The summed E-state index contributed by atoms with van der Waals surface area (Å²) in [6.07, 6.45) is 2.56. The standard InChI is InChI=1S/C6H10O2/c1-6(7)3-2-4-5(6)8-4/h4-5,7H,2-3H2,1H3.